The molecule has 0 radical (unpaired) electrons. The molecule has 1 aromatic heterocycles. The summed E-state index contributed by atoms with van der Waals surface area (Å²) in [6, 6.07) is 5.50. The van der Waals surface area contributed by atoms with Crippen molar-refractivity contribution in [2.75, 3.05) is 11.1 Å². The lowest BCUT2D eigenvalue weighted by Crippen LogP contribution is -2.22. The maximum atomic E-state index is 14.0. The first-order chi connectivity index (χ1) is 16.1. The first-order valence-electron chi connectivity index (χ1n) is 10.7. The Kier molecular flexibility index (Phi) is 6.24. The molecule has 178 valence electrons. The van der Waals surface area contributed by atoms with Crippen LogP contribution in [0.25, 0.3) is 11.3 Å². The first kappa shape index (κ1) is 23.6. The summed E-state index contributed by atoms with van der Waals surface area (Å²) in [5, 5.41) is 2.45. The average molecular weight is 476 g/mol. The Morgan fingerprint density at radius 2 is 1.65 bits per heavy atom. The molecular weight excluding hydrogens is 455 g/mol. The normalized spacial score (nSPS) is 12.5. The van der Waals surface area contributed by atoms with Gasteiger partial charge < -0.3 is 11.1 Å². The quantitative estimate of drug-likeness (QED) is 0.238. The highest BCUT2D eigenvalue weighted by Crippen LogP contribution is 2.34. The smallest absolute Gasteiger partial charge is 0.230 e. The van der Waals surface area contributed by atoms with E-state index < -0.39 is 47.0 Å². The number of hydrogen-bond donors (Lipinski definition) is 2. The van der Waals surface area contributed by atoms with E-state index >= 15 is 0 Å². The topological polar surface area (TPSA) is 80.9 Å². The predicted molar refractivity (Wildman–Crippen MR) is 116 cm³/mol. The van der Waals surface area contributed by atoms with Crippen molar-refractivity contribution >= 4 is 17.4 Å². The minimum Gasteiger partial charge on any atom is -0.399 e. The molecule has 1 aliphatic rings. The van der Waals surface area contributed by atoms with Crippen LogP contribution in [0.4, 0.5) is 33.5 Å². The molecule has 1 aliphatic carbocycles. The molecule has 0 spiro atoms. The maximum Gasteiger partial charge on any atom is 0.230 e. The van der Waals surface area contributed by atoms with Gasteiger partial charge in [-0.1, -0.05) is 19.9 Å². The fraction of sp³-hybridized carbons (Fsp3) is 0.292. The number of nitrogens with one attached hydrogen (secondary N) is 1. The molecule has 0 saturated carbocycles. The lowest BCUT2D eigenvalue weighted by Gasteiger charge is -2.22. The fourth-order valence-electron chi connectivity index (χ4n) is 3.97. The highest BCUT2D eigenvalue weighted by molar-refractivity contribution is 5.92. The number of nitrogen functional groups attached to an aromatic ring is 1. The third-order valence-electron chi connectivity index (χ3n) is 5.55. The Bertz CT molecular complexity index is 1280. The van der Waals surface area contributed by atoms with Crippen LogP contribution in [0.5, 0.6) is 0 Å². The second-order valence-electron chi connectivity index (χ2n) is 8.60. The van der Waals surface area contributed by atoms with Gasteiger partial charge in [0.25, 0.3) is 0 Å². The van der Waals surface area contributed by atoms with Gasteiger partial charge in [-0.25, -0.2) is 31.9 Å². The molecule has 3 aromatic rings. The van der Waals surface area contributed by atoms with Crippen LogP contribution in [0.2, 0.25) is 0 Å². The molecule has 2 aromatic carbocycles. The molecular formula is C24H21F5N4O. The summed E-state index contributed by atoms with van der Waals surface area (Å²) in [5.41, 5.74) is 8.95. The zero-order valence-electron chi connectivity index (χ0n) is 18.4. The number of rotatable bonds is 5. The Morgan fingerprint density at radius 1 is 1.00 bits per heavy atom. The molecule has 0 fully saturated rings. The van der Waals surface area contributed by atoms with E-state index in [0.717, 1.165) is 11.1 Å². The van der Waals surface area contributed by atoms with E-state index in [2.05, 4.69) is 10.3 Å². The summed E-state index contributed by atoms with van der Waals surface area (Å²) in [7, 11) is 0. The van der Waals surface area contributed by atoms with E-state index in [1.165, 1.54) is 0 Å². The van der Waals surface area contributed by atoms with Gasteiger partial charge in [-0.15, -0.1) is 0 Å². The van der Waals surface area contributed by atoms with Crippen molar-refractivity contribution in [3.05, 3.63) is 69.8 Å². The van der Waals surface area contributed by atoms with Gasteiger partial charge in [0, 0.05) is 16.8 Å². The molecule has 3 N–H and O–H groups in total. The van der Waals surface area contributed by atoms with Gasteiger partial charge in [0.05, 0.1) is 23.5 Å². The van der Waals surface area contributed by atoms with Gasteiger partial charge in [0.1, 0.15) is 0 Å². The number of carbonyl (C=O) groups is 1. The summed E-state index contributed by atoms with van der Waals surface area (Å²) in [5.74, 6) is -11.3. The van der Waals surface area contributed by atoms with Crippen molar-refractivity contribution in [1.29, 1.82) is 0 Å². The molecule has 4 rings (SSSR count). The molecule has 5 nitrogen and oxygen atoms in total. The fourth-order valence-corrected chi connectivity index (χ4v) is 3.97. The van der Waals surface area contributed by atoms with Crippen molar-refractivity contribution < 1.29 is 26.7 Å². The monoisotopic (exact) mass is 476 g/mol. The predicted octanol–water partition coefficient (Wildman–Crippen LogP) is 4.90. The number of anilines is 2. The van der Waals surface area contributed by atoms with E-state index in [1.807, 2.05) is 26.0 Å². The lowest BCUT2D eigenvalue weighted by molar-refractivity contribution is -0.115. The van der Waals surface area contributed by atoms with Crippen molar-refractivity contribution in [3.63, 3.8) is 0 Å². The van der Waals surface area contributed by atoms with Gasteiger partial charge >= 0.3 is 0 Å². The average Bonchev–Trinajstić information content (AvgIpc) is 2.79. The number of halogens is 5. The van der Waals surface area contributed by atoms with Crippen LogP contribution in [0, 0.1) is 35.0 Å². The van der Waals surface area contributed by atoms with Crippen LogP contribution in [0.3, 0.4) is 0 Å². The molecule has 0 aliphatic heterocycles. The lowest BCUT2D eigenvalue weighted by atomic mass is 9.91. The number of fused-ring (bicyclic) bond motifs is 3. The van der Waals surface area contributed by atoms with Crippen molar-refractivity contribution in [2.45, 2.75) is 39.5 Å². The Labute approximate surface area is 192 Å². The van der Waals surface area contributed by atoms with Crippen LogP contribution in [-0.2, 0) is 30.5 Å². The van der Waals surface area contributed by atoms with Crippen molar-refractivity contribution in [1.82, 2.24) is 9.97 Å². The van der Waals surface area contributed by atoms with E-state index in [4.69, 9.17) is 10.7 Å². The zero-order chi connectivity index (χ0) is 24.7. The van der Waals surface area contributed by atoms with Crippen LogP contribution in [-0.4, -0.2) is 15.9 Å². The van der Waals surface area contributed by atoms with E-state index in [-0.39, 0.29) is 11.7 Å². The number of nitrogens with two attached hydrogens (primary N) is 1. The molecule has 0 atom stereocenters. The summed E-state index contributed by atoms with van der Waals surface area (Å²) >= 11 is 0. The first-order valence-corrected chi connectivity index (χ1v) is 10.7. The van der Waals surface area contributed by atoms with Crippen LogP contribution in [0.15, 0.2) is 18.2 Å². The number of benzene rings is 2. The third-order valence-corrected chi connectivity index (χ3v) is 5.55. The van der Waals surface area contributed by atoms with E-state index in [9.17, 15) is 26.7 Å². The third kappa shape index (κ3) is 4.32. The molecule has 1 heterocycles. The standard InChI is InChI=1S/C24H21F5N4O/c1-10(2)7-16-24(32-15-6-3-11-8-12(30)4-5-13(11)23(15)31-16)33-17(34)9-14-18(25)20(27)22(29)21(28)19(14)26/h4-5,8,10H,3,6-7,9,30H2,1-2H3,(H,32,33,34). The Morgan fingerprint density at radius 3 is 2.29 bits per heavy atom. The van der Waals surface area contributed by atoms with Gasteiger partial charge in [-0.3, -0.25) is 4.79 Å². The molecule has 1 amide bonds. The summed E-state index contributed by atoms with van der Waals surface area (Å²) in [6.45, 7) is 3.88. The minimum atomic E-state index is -2.28. The Balaban J connectivity index is 1.69. The van der Waals surface area contributed by atoms with Crippen LogP contribution < -0.4 is 11.1 Å². The number of carbonyl (C=O) groups excluding carboxylic acids is 1. The van der Waals surface area contributed by atoms with E-state index in [1.54, 1.807) is 6.07 Å². The van der Waals surface area contributed by atoms with Gasteiger partial charge in [0.2, 0.25) is 11.7 Å². The van der Waals surface area contributed by atoms with Crippen molar-refractivity contribution in [3.8, 4) is 11.3 Å². The van der Waals surface area contributed by atoms with Crippen molar-refractivity contribution in [2.24, 2.45) is 5.92 Å². The largest absolute Gasteiger partial charge is 0.399 e. The molecule has 34 heavy (non-hydrogen) atoms. The highest BCUT2D eigenvalue weighted by Gasteiger charge is 2.28. The molecule has 10 heteroatoms. The second kappa shape index (κ2) is 9.00. The number of hydrogen-bond acceptors (Lipinski definition) is 4. The Hall–Kier alpha value is -3.56. The van der Waals surface area contributed by atoms with Crippen LogP contribution >= 0.6 is 0 Å². The molecule has 0 bridgehead atoms. The zero-order valence-corrected chi connectivity index (χ0v) is 18.4. The van der Waals surface area contributed by atoms with Gasteiger partial charge in [-0.05, 0) is 42.9 Å². The second-order valence-corrected chi connectivity index (χ2v) is 8.60. The summed E-state index contributed by atoms with van der Waals surface area (Å²) in [4.78, 5) is 21.8. The summed E-state index contributed by atoms with van der Waals surface area (Å²) < 4.78 is 68.3. The number of nitrogens with zero attached hydrogens (tertiary/aromatic N) is 2. The number of aromatic nitrogens is 2. The van der Waals surface area contributed by atoms with Gasteiger partial charge in [0.15, 0.2) is 29.1 Å². The number of aryl methyl sites for hydroxylation is 2. The number of amides is 1. The molecule has 0 unspecified atom stereocenters. The molecule has 0 saturated heterocycles. The van der Waals surface area contributed by atoms with E-state index in [0.29, 0.717) is 42.0 Å². The van der Waals surface area contributed by atoms with Gasteiger partial charge in [-0.2, -0.15) is 0 Å². The van der Waals surface area contributed by atoms with Crippen LogP contribution in [0.1, 0.15) is 36.4 Å². The SMILES string of the molecule is CC(C)Cc1nc2c(nc1NC(=O)Cc1c(F)c(F)c(F)c(F)c1F)CCc1cc(N)ccc1-2. The minimum absolute atomic E-state index is 0.0974. The highest BCUT2D eigenvalue weighted by atomic mass is 19.2. The maximum absolute atomic E-state index is 14.0. The summed E-state index contributed by atoms with van der Waals surface area (Å²) in [6.07, 6.45) is 0.557.